The quantitative estimate of drug-likeness (QED) is 0.557. The molecule has 0 saturated carbocycles. The number of nitrogens with one attached hydrogen (secondary N) is 1. The molecule has 0 radical (unpaired) electrons. The van der Waals surface area contributed by atoms with Crippen molar-refractivity contribution in [2.24, 2.45) is 12.0 Å². The summed E-state index contributed by atoms with van der Waals surface area (Å²) < 4.78 is 2.01. The van der Waals surface area contributed by atoms with Crippen molar-refractivity contribution in [1.29, 1.82) is 0 Å². The first-order valence-electron chi connectivity index (χ1n) is 11.6. The SMILES string of the molecule is CCc1nn(C)c(CC)c1CNC(=NC)N1CCN(CC(=O)N2CCCCC2)CC1. The summed E-state index contributed by atoms with van der Waals surface area (Å²) in [4.78, 5) is 23.7. The van der Waals surface area contributed by atoms with E-state index >= 15 is 0 Å². The predicted molar refractivity (Wildman–Crippen MR) is 121 cm³/mol. The molecule has 0 aromatic carbocycles. The smallest absolute Gasteiger partial charge is 0.236 e. The van der Waals surface area contributed by atoms with Crippen molar-refractivity contribution in [3.63, 3.8) is 0 Å². The van der Waals surface area contributed by atoms with Crippen LogP contribution < -0.4 is 5.32 Å². The summed E-state index contributed by atoms with van der Waals surface area (Å²) in [5.41, 5.74) is 3.75. The molecule has 3 rings (SSSR count). The first kappa shape index (κ1) is 22.6. The number of rotatable bonds is 6. The van der Waals surface area contributed by atoms with E-state index in [4.69, 9.17) is 0 Å². The summed E-state index contributed by atoms with van der Waals surface area (Å²) in [6.45, 7) is 11.1. The molecule has 2 fully saturated rings. The van der Waals surface area contributed by atoms with Crippen molar-refractivity contribution < 1.29 is 4.79 Å². The number of aliphatic imine (C=N–C) groups is 1. The summed E-state index contributed by atoms with van der Waals surface area (Å²) in [5, 5.41) is 8.23. The molecular formula is C22H39N7O. The minimum atomic E-state index is 0.293. The van der Waals surface area contributed by atoms with E-state index in [1.165, 1.54) is 23.4 Å². The van der Waals surface area contributed by atoms with E-state index in [0.717, 1.165) is 77.5 Å². The molecule has 1 N–H and O–H groups in total. The van der Waals surface area contributed by atoms with E-state index in [2.05, 4.69) is 39.1 Å². The van der Waals surface area contributed by atoms with Gasteiger partial charge >= 0.3 is 0 Å². The van der Waals surface area contributed by atoms with Crippen LogP contribution in [0.15, 0.2) is 4.99 Å². The zero-order valence-electron chi connectivity index (χ0n) is 19.3. The highest BCUT2D eigenvalue weighted by Gasteiger charge is 2.24. The zero-order valence-corrected chi connectivity index (χ0v) is 19.3. The Hall–Kier alpha value is -2.09. The van der Waals surface area contributed by atoms with Gasteiger partial charge in [0.05, 0.1) is 12.2 Å². The van der Waals surface area contributed by atoms with Crippen LogP contribution in [0.3, 0.4) is 0 Å². The number of amides is 1. The zero-order chi connectivity index (χ0) is 21.5. The van der Waals surface area contributed by atoms with Crippen molar-refractivity contribution in [3.8, 4) is 0 Å². The largest absolute Gasteiger partial charge is 0.352 e. The van der Waals surface area contributed by atoms with E-state index in [0.29, 0.717) is 12.5 Å². The third-order valence-electron chi connectivity index (χ3n) is 6.40. The molecule has 0 unspecified atom stereocenters. The molecule has 3 heterocycles. The molecule has 0 spiro atoms. The fourth-order valence-electron chi connectivity index (χ4n) is 4.65. The van der Waals surface area contributed by atoms with Crippen LogP contribution in [0, 0.1) is 0 Å². The number of carbonyl (C=O) groups excluding carboxylic acids is 1. The fourth-order valence-corrected chi connectivity index (χ4v) is 4.65. The minimum absolute atomic E-state index is 0.293. The van der Waals surface area contributed by atoms with Crippen LogP contribution in [0.25, 0.3) is 0 Å². The average Bonchev–Trinajstić information content (AvgIpc) is 3.10. The summed E-state index contributed by atoms with van der Waals surface area (Å²) in [6, 6.07) is 0. The predicted octanol–water partition coefficient (Wildman–Crippen LogP) is 1.25. The van der Waals surface area contributed by atoms with Crippen molar-refractivity contribution in [2.75, 3.05) is 52.9 Å². The second-order valence-corrected chi connectivity index (χ2v) is 8.31. The third kappa shape index (κ3) is 5.33. The number of likely N-dealkylation sites (tertiary alicyclic amines) is 1. The van der Waals surface area contributed by atoms with Gasteiger partial charge in [-0.3, -0.25) is 19.4 Å². The first-order valence-corrected chi connectivity index (χ1v) is 11.6. The number of carbonyl (C=O) groups is 1. The normalized spacial score (nSPS) is 18.7. The maximum atomic E-state index is 12.5. The van der Waals surface area contributed by atoms with Crippen molar-refractivity contribution in [1.82, 2.24) is 29.8 Å². The van der Waals surface area contributed by atoms with Crippen LogP contribution >= 0.6 is 0 Å². The van der Waals surface area contributed by atoms with Crippen LogP contribution in [0.1, 0.15) is 50.1 Å². The first-order chi connectivity index (χ1) is 14.6. The second kappa shape index (κ2) is 10.8. The van der Waals surface area contributed by atoms with Crippen LogP contribution in [-0.4, -0.2) is 89.2 Å². The summed E-state index contributed by atoms with van der Waals surface area (Å²) in [6.07, 6.45) is 5.47. The van der Waals surface area contributed by atoms with E-state index in [1.54, 1.807) is 0 Å². The van der Waals surface area contributed by atoms with E-state index in [9.17, 15) is 4.79 Å². The summed E-state index contributed by atoms with van der Waals surface area (Å²) in [5.74, 6) is 1.23. The molecule has 0 aliphatic carbocycles. The average molecular weight is 418 g/mol. The number of piperidine rings is 1. The molecule has 1 aromatic rings. The number of aryl methyl sites for hydroxylation is 2. The molecule has 0 bridgehead atoms. The van der Waals surface area contributed by atoms with Crippen molar-refractivity contribution in [2.45, 2.75) is 52.5 Å². The third-order valence-corrected chi connectivity index (χ3v) is 6.40. The van der Waals surface area contributed by atoms with E-state index in [-0.39, 0.29) is 0 Å². The maximum absolute atomic E-state index is 12.5. The minimum Gasteiger partial charge on any atom is -0.352 e. The van der Waals surface area contributed by atoms with Crippen LogP contribution in [-0.2, 0) is 31.2 Å². The van der Waals surface area contributed by atoms with Crippen LogP contribution in [0.5, 0.6) is 0 Å². The van der Waals surface area contributed by atoms with Gasteiger partial charge in [-0.25, -0.2) is 0 Å². The maximum Gasteiger partial charge on any atom is 0.236 e. The Labute approximate surface area is 181 Å². The highest BCUT2D eigenvalue weighted by atomic mass is 16.2. The lowest BCUT2D eigenvalue weighted by Gasteiger charge is -2.37. The van der Waals surface area contributed by atoms with Gasteiger partial charge in [0.25, 0.3) is 0 Å². The molecule has 30 heavy (non-hydrogen) atoms. The lowest BCUT2D eigenvalue weighted by molar-refractivity contribution is -0.133. The Morgan fingerprint density at radius 2 is 1.70 bits per heavy atom. The Morgan fingerprint density at radius 1 is 1.00 bits per heavy atom. The van der Waals surface area contributed by atoms with E-state index < -0.39 is 0 Å². The van der Waals surface area contributed by atoms with Crippen molar-refractivity contribution in [3.05, 3.63) is 17.0 Å². The fraction of sp³-hybridized carbons (Fsp3) is 0.773. The van der Waals surface area contributed by atoms with Gasteiger partial charge in [-0.1, -0.05) is 13.8 Å². The van der Waals surface area contributed by atoms with Crippen LogP contribution in [0.4, 0.5) is 0 Å². The molecule has 1 aromatic heterocycles. The lowest BCUT2D eigenvalue weighted by Crippen LogP contribution is -2.54. The van der Waals surface area contributed by atoms with Gasteiger partial charge in [0.2, 0.25) is 5.91 Å². The highest BCUT2D eigenvalue weighted by Crippen LogP contribution is 2.16. The Balaban J connectivity index is 1.50. The Bertz CT molecular complexity index is 728. The van der Waals surface area contributed by atoms with E-state index in [1.807, 2.05) is 23.7 Å². The molecule has 168 valence electrons. The molecule has 2 saturated heterocycles. The van der Waals surface area contributed by atoms with Gasteiger partial charge in [-0.05, 0) is 32.1 Å². The molecule has 8 heteroatoms. The van der Waals surface area contributed by atoms with Crippen molar-refractivity contribution >= 4 is 11.9 Å². The monoisotopic (exact) mass is 417 g/mol. The summed E-state index contributed by atoms with van der Waals surface area (Å²) in [7, 11) is 3.88. The number of aromatic nitrogens is 2. The number of piperazine rings is 1. The molecule has 2 aliphatic heterocycles. The standard InChI is InChI=1S/C22H39N7O/c1-5-19-18(20(6-2)26(4)25-19)16-24-22(23-3)29-14-12-27(13-15-29)17-21(30)28-10-8-7-9-11-28/h5-17H2,1-4H3,(H,23,24). The van der Waals surface area contributed by atoms with Gasteiger partial charge < -0.3 is 15.1 Å². The Kier molecular flexibility index (Phi) is 8.13. The van der Waals surface area contributed by atoms with Gasteiger partial charge in [0.1, 0.15) is 0 Å². The number of hydrogen-bond acceptors (Lipinski definition) is 4. The molecule has 2 aliphatic rings. The second-order valence-electron chi connectivity index (χ2n) is 8.31. The number of hydrogen-bond donors (Lipinski definition) is 1. The molecule has 8 nitrogen and oxygen atoms in total. The van der Waals surface area contributed by atoms with Crippen LogP contribution in [0.2, 0.25) is 0 Å². The molecule has 1 amide bonds. The Morgan fingerprint density at radius 3 is 2.30 bits per heavy atom. The van der Waals surface area contributed by atoms with Gasteiger partial charge in [-0.2, -0.15) is 5.10 Å². The topological polar surface area (TPSA) is 69.0 Å². The molecular weight excluding hydrogens is 378 g/mol. The summed E-state index contributed by atoms with van der Waals surface area (Å²) >= 11 is 0. The number of nitrogens with zero attached hydrogens (tertiary/aromatic N) is 6. The van der Waals surface area contributed by atoms with Gasteiger partial charge in [0.15, 0.2) is 5.96 Å². The molecule has 0 atom stereocenters. The van der Waals surface area contributed by atoms with Gasteiger partial charge in [0, 0.05) is 71.2 Å². The van der Waals surface area contributed by atoms with Gasteiger partial charge in [-0.15, -0.1) is 0 Å². The highest BCUT2D eigenvalue weighted by molar-refractivity contribution is 5.80. The lowest BCUT2D eigenvalue weighted by atomic mass is 10.1. The number of guanidine groups is 1.